The molecule has 1 aliphatic carbocycles. The van der Waals surface area contributed by atoms with Gasteiger partial charge in [0.15, 0.2) is 0 Å². The van der Waals surface area contributed by atoms with E-state index in [0.29, 0.717) is 0 Å². The van der Waals surface area contributed by atoms with Gasteiger partial charge in [0.1, 0.15) is 0 Å². The van der Waals surface area contributed by atoms with Crippen molar-refractivity contribution in [3.63, 3.8) is 0 Å². The standard InChI is InChI=1S/C9H15N/c1-6-5-7(2)9-8(6)3-4-10-9/h6-7,10H,3-5H2,1-2H3. The molecule has 1 aliphatic heterocycles. The quantitative estimate of drug-likeness (QED) is 0.537. The second-order valence-corrected chi connectivity index (χ2v) is 3.65. The normalized spacial score (nSPS) is 38.2. The van der Waals surface area contributed by atoms with Crippen LogP contribution in [0.15, 0.2) is 11.3 Å². The first-order chi connectivity index (χ1) is 4.79. The number of rotatable bonds is 0. The zero-order valence-electron chi connectivity index (χ0n) is 6.78. The second-order valence-electron chi connectivity index (χ2n) is 3.65. The molecule has 2 atom stereocenters. The highest BCUT2D eigenvalue weighted by Crippen LogP contribution is 2.39. The first-order valence-corrected chi connectivity index (χ1v) is 4.26. The van der Waals surface area contributed by atoms with Crippen LogP contribution in [0.5, 0.6) is 0 Å². The molecule has 0 spiro atoms. The third-order valence-corrected chi connectivity index (χ3v) is 2.85. The van der Waals surface area contributed by atoms with Crippen molar-refractivity contribution in [2.75, 3.05) is 6.54 Å². The Morgan fingerprint density at radius 3 is 2.80 bits per heavy atom. The van der Waals surface area contributed by atoms with Crippen LogP contribution in [0.4, 0.5) is 0 Å². The van der Waals surface area contributed by atoms with Crippen molar-refractivity contribution in [3.05, 3.63) is 11.3 Å². The van der Waals surface area contributed by atoms with Crippen molar-refractivity contribution in [2.24, 2.45) is 11.8 Å². The zero-order valence-corrected chi connectivity index (χ0v) is 6.78. The third-order valence-electron chi connectivity index (χ3n) is 2.85. The van der Waals surface area contributed by atoms with Crippen molar-refractivity contribution in [1.29, 1.82) is 0 Å². The molecular formula is C9H15N. The van der Waals surface area contributed by atoms with Gasteiger partial charge in [-0.3, -0.25) is 0 Å². The Bertz CT molecular complexity index is 163. The first-order valence-electron chi connectivity index (χ1n) is 4.26. The topological polar surface area (TPSA) is 12.0 Å². The van der Waals surface area contributed by atoms with E-state index >= 15 is 0 Å². The van der Waals surface area contributed by atoms with Gasteiger partial charge in [-0.15, -0.1) is 0 Å². The van der Waals surface area contributed by atoms with Crippen molar-refractivity contribution >= 4 is 0 Å². The highest BCUT2D eigenvalue weighted by molar-refractivity contribution is 5.27. The Hall–Kier alpha value is -0.460. The van der Waals surface area contributed by atoms with Gasteiger partial charge in [-0.05, 0) is 30.3 Å². The summed E-state index contributed by atoms with van der Waals surface area (Å²) in [5, 5.41) is 3.48. The SMILES string of the molecule is CC1CC(C)C2=C1CCN2. The second kappa shape index (κ2) is 2.01. The monoisotopic (exact) mass is 137 g/mol. The molecule has 0 radical (unpaired) electrons. The minimum atomic E-state index is 0.812. The van der Waals surface area contributed by atoms with E-state index < -0.39 is 0 Å². The fourth-order valence-corrected chi connectivity index (χ4v) is 2.37. The minimum absolute atomic E-state index is 0.812. The van der Waals surface area contributed by atoms with E-state index in [1.165, 1.54) is 19.4 Å². The van der Waals surface area contributed by atoms with Gasteiger partial charge >= 0.3 is 0 Å². The van der Waals surface area contributed by atoms with Gasteiger partial charge in [0.25, 0.3) is 0 Å². The van der Waals surface area contributed by atoms with Gasteiger partial charge in [-0.1, -0.05) is 13.8 Å². The summed E-state index contributed by atoms with van der Waals surface area (Å²) in [6.45, 7) is 5.88. The molecule has 1 N–H and O–H groups in total. The van der Waals surface area contributed by atoms with E-state index in [9.17, 15) is 0 Å². The largest absolute Gasteiger partial charge is 0.388 e. The number of allylic oxidation sites excluding steroid dienone is 1. The molecule has 2 aliphatic rings. The van der Waals surface area contributed by atoms with E-state index in [2.05, 4.69) is 19.2 Å². The Balaban J connectivity index is 2.27. The molecule has 0 aromatic carbocycles. The molecule has 10 heavy (non-hydrogen) atoms. The van der Waals surface area contributed by atoms with Crippen molar-refractivity contribution in [1.82, 2.24) is 5.32 Å². The summed E-state index contributed by atoms with van der Waals surface area (Å²) >= 11 is 0. The molecular weight excluding hydrogens is 122 g/mol. The number of hydrogen-bond donors (Lipinski definition) is 1. The van der Waals surface area contributed by atoms with E-state index in [-0.39, 0.29) is 0 Å². The minimum Gasteiger partial charge on any atom is -0.388 e. The Morgan fingerprint density at radius 2 is 2.10 bits per heavy atom. The van der Waals surface area contributed by atoms with Crippen LogP contribution in [0, 0.1) is 11.8 Å². The van der Waals surface area contributed by atoms with Gasteiger partial charge in [0.05, 0.1) is 0 Å². The van der Waals surface area contributed by atoms with Gasteiger partial charge in [-0.25, -0.2) is 0 Å². The molecule has 0 amide bonds. The van der Waals surface area contributed by atoms with Crippen LogP contribution in [-0.2, 0) is 0 Å². The van der Waals surface area contributed by atoms with Crippen LogP contribution in [-0.4, -0.2) is 6.54 Å². The molecule has 1 heteroatoms. The molecule has 0 aromatic rings. The van der Waals surface area contributed by atoms with Crippen LogP contribution < -0.4 is 5.32 Å². The molecule has 56 valence electrons. The first kappa shape index (κ1) is 6.26. The lowest BCUT2D eigenvalue weighted by atomic mass is 10.0. The van der Waals surface area contributed by atoms with E-state index in [4.69, 9.17) is 0 Å². The lowest BCUT2D eigenvalue weighted by Gasteiger charge is -2.08. The lowest BCUT2D eigenvalue weighted by Crippen LogP contribution is -2.12. The predicted octanol–water partition coefficient (Wildman–Crippen LogP) is 1.91. The summed E-state index contributed by atoms with van der Waals surface area (Å²) in [5.41, 5.74) is 3.29. The molecule has 2 unspecified atom stereocenters. The van der Waals surface area contributed by atoms with Crippen LogP contribution in [0.2, 0.25) is 0 Å². The van der Waals surface area contributed by atoms with E-state index in [1.807, 2.05) is 0 Å². The smallest absolute Gasteiger partial charge is 0.0182 e. The van der Waals surface area contributed by atoms with Crippen LogP contribution in [0.25, 0.3) is 0 Å². The Labute approximate surface area is 62.5 Å². The molecule has 1 heterocycles. The highest BCUT2D eigenvalue weighted by Gasteiger charge is 2.30. The molecule has 0 fully saturated rings. The van der Waals surface area contributed by atoms with E-state index in [1.54, 1.807) is 11.3 Å². The predicted molar refractivity (Wildman–Crippen MR) is 42.6 cm³/mol. The molecule has 0 saturated heterocycles. The summed E-state index contributed by atoms with van der Waals surface area (Å²) in [4.78, 5) is 0. The summed E-state index contributed by atoms with van der Waals surface area (Å²) < 4.78 is 0. The van der Waals surface area contributed by atoms with Gasteiger partial charge in [-0.2, -0.15) is 0 Å². The maximum Gasteiger partial charge on any atom is 0.0182 e. The van der Waals surface area contributed by atoms with Crippen molar-refractivity contribution in [3.8, 4) is 0 Å². The fraction of sp³-hybridized carbons (Fsp3) is 0.778. The summed E-state index contributed by atoms with van der Waals surface area (Å²) in [6.07, 6.45) is 2.68. The van der Waals surface area contributed by atoms with Gasteiger partial charge in [0, 0.05) is 12.2 Å². The highest BCUT2D eigenvalue weighted by atomic mass is 14.9. The summed E-state index contributed by atoms with van der Waals surface area (Å²) in [6, 6.07) is 0. The van der Waals surface area contributed by atoms with E-state index in [0.717, 1.165) is 11.8 Å². The third kappa shape index (κ3) is 0.695. The van der Waals surface area contributed by atoms with Gasteiger partial charge in [0.2, 0.25) is 0 Å². The van der Waals surface area contributed by atoms with Crippen LogP contribution >= 0.6 is 0 Å². The Kier molecular flexibility index (Phi) is 1.26. The average Bonchev–Trinajstić information content (AvgIpc) is 2.39. The number of nitrogens with one attached hydrogen (secondary N) is 1. The van der Waals surface area contributed by atoms with Crippen molar-refractivity contribution < 1.29 is 0 Å². The lowest BCUT2D eigenvalue weighted by molar-refractivity contribution is 0.527. The fourth-order valence-electron chi connectivity index (χ4n) is 2.37. The van der Waals surface area contributed by atoms with Crippen LogP contribution in [0.1, 0.15) is 26.7 Å². The molecule has 0 bridgehead atoms. The maximum absolute atomic E-state index is 3.48. The van der Waals surface area contributed by atoms with Crippen LogP contribution in [0.3, 0.4) is 0 Å². The zero-order chi connectivity index (χ0) is 7.14. The molecule has 2 rings (SSSR count). The summed E-state index contributed by atoms with van der Waals surface area (Å²) in [7, 11) is 0. The van der Waals surface area contributed by atoms with Crippen molar-refractivity contribution in [2.45, 2.75) is 26.7 Å². The molecule has 0 saturated carbocycles. The molecule has 0 aromatic heterocycles. The number of hydrogen-bond acceptors (Lipinski definition) is 1. The van der Waals surface area contributed by atoms with Gasteiger partial charge < -0.3 is 5.32 Å². The summed E-state index contributed by atoms with van der Waals surface area (Å²) in [5.74, 6) is 1.67. The average molecular weight is 137 g/mol. The molecule has 1 nitrogen and oxygen atoms in total. The Morgan fingerprint density at radius 1 is 1.30 bits per heavy atom. The maximum atomic E-state index is 3.48.